The minimum Gasteiger partial charge on any atom is -0.391 e. The van der Waals surface area contributed by atoms with Crippen molar-refractivity contribution in [2.24, 2.45) is 5.41 Å². The van der Waals surface area contributed by atoms with E-state index in [0.717, 1.165) is 11.3 Å². The van der Waals surface area contributed by atoms with Gasteiger partial charge in [-0.25, -0.2) is 4.98 Å². The molecule has 2 aliphatic rings. The van der Waals surface area contributed by atoms with Crippen LogP contribution in [0.3, 0.4) is 0 Å². The van der Waals surface area contributed by atoms with Crippen molar-refractivity contribution in [2.45, 2.75) is 50.8 Å². The summed E-state index contributed by atoms with van der Waals surface area (Å²) >= 11 is 0. The first-order chi connectivity index (χ1) is 15.8. The predicted octanol–water partition coefficient (Wildman–Crippen LogP) is 1.03. The number of nitrogens with zero attached hydrogens (tertiary/aromatic N) is 3. The molecule has 4 atom stereocenters. The first-order valence-corrected chi connectivity index (χ1v) is 11.3. The maximum Gasteiger partial charge on any atom is 0.245 e. The van der Waals surface area contributed by atoms with Crippen molar-refractivity contribution in [1.29, 1.82) is 0 Å². The lowest BCUT2D eigenvalue weighted by Gasteiger charge is -2.51. The van der Waals surface area contributed by atoms with E-state index in [0.29, 0.717) is 25.8 Å². The van der Waals surface area contributed by atoms with E-state index in [1.165, 1.54) is 13.3 Å². The van der Waals surface area contributed by atoms with Crippen molar-refractivity contribution < 1.29 is 19.5 Å². The van der Waals surface area contributed by atoms with E-state index in [1.807, 2.05) is 30.3 Å². The number of rotatable bonds is 5. The number of carbonyl (C=O) groups excluding carboxylic acids is 3. The molecule has 9 heteroatoms. The Morgan fingerprint density at radius 2 is 2.09 bits per heavy atom. The highest BCUT2D eigenvalue weighted by molar-refractivity contribution is 5.89. The third-order valence-corrected chi connectivity index (χ3v) is 6.84. The van der Waals surface area contributed by atoms with Crippen LogP contribution in [0.2, 0.25) is 0 Å². The molecule has 9 nitrogen and oxygen atoms in total. The van der Waals surface area contributed by atoms with Crippen molar-refractivity contribution >= 4 is 17.7 Å². The fourth-order valence-electron chi connectivity index (χ4n) is 5.40. The van der Waals surface area contributed by atoms with E-state index >= 15 is 0 Å². The first kappa shape index (κ1) is 23.0. The number of hydrogen-bond donors (Lipinski definition) is 3. The van der Waals surface area contributed by atoms with Crippen LogP contribution in [-0.4, -0.2) is 74.9 Å². The summed E-state index contributed by atoms with van der Waals surface area (Å²) in [6.45, 7) is 2.12. The van der Waals surface area contributed by atoms with Gasteiger partial charge in [-0.05, 0) is 24.8 Å². The number of nitrogens with one attached hydrogen (secondary N) is 2. The van der Waals surface area contributed by atoms with Gasteiger partial charge in [-0.15, -0.1) is 0 Å². The van der Waals surface area contributed by atoms with E-state index in [1.54, 1.807) is 23.0 Å². The minimum absolute atomic E-state index is 0.0520. The lowest BCUT2D eigenvalue weighted by atomic mass is 9.69. The minimum atomic E-state index is -0.831. The van der Waals surface area contributed by atoms with Gasteiger partial charge in [0.2, 0.25) is 17.7 Å². The van der Waals surface area contributed by atoms with Gasteiger partial charge >= 0.3 is 0 Å². The number of benzene rings is 1. The Kier molecular flexibility index (Phi) is 6.51. The quantitative estimate of drug-likeness (QED) is 0.625. The number of carbonyl (C=O) groups is 3. The summed E-state index contributed by atoms with van der Waals surface area (Å²) < 4.78 is 0. The van der Waals surface area contributed by atoms with Crippen LogP contribution in [0.15, 0.2) is 42.9 Å². The Morgan fingerprint density at radius 3 is 2.76 bits per heavy atom. The fourth-order valence-corrected chi connectivity index (χ4v) is 5.40. The third kappa shape index (κ3) is 4.64. The van der Waals surface area contributed by atoms with Crippen LogP contribution < -0.4 is 5.32 Å². The van der Waals surface area contributed by atoms with Crippen LogP contribution >= 0.6 is 0 Å². The third-order valence-electron chi connectivity index (χ3n) is 6.84. The van der Waals surface area contributed by atoms with Crippen molar-refractivity contribution in [3.05, 3.63) is 54.1 Å². The highest BCUT2D eigenvalue weighted by Gasteiger charge is 2.52. The number of likely N-dealkylation sites (N-methyl/N-ethyl adjacent to an activating group) is 1. The maximum absolute atomic E-state index is 13.6. The summed E-state index contributed by atoms with van der Waals surface area (Å²) in [5.74, 6) is -0.577. The second-order valence-corrected chi connectivity index (χ2v) is 9.22. The maximum atomic E-state index is 13.6. The fraction of sp³-hybridized carbons (Fsp3) is 0.500. The zero-order valence-electron chi connectivity index (χ0n) is 19.0. The number of aromatic nitrogens is 2. The van der Waals surface area contributed by atoms with Crippen LogP contribution in [0.4, 0.5) is 0 Å². The van der Waals surface area contributed by atoms with Crippen LogP contribution in [-0.2, 0) is 20.8 Å². The van der Waals surface area contributed by atoms with Gasteiger partial charge in [-0.1, -0.05) is 30.3 Å². The molecule has 0 bridgehead atoms. The van der Waals surface area contributed by atoms with Crippen LogP contribution in [0.25, 0.3) is 0 Å². The molecule has 0 unspecified atom stereocenters. The van der Waals surface area contributed by atoms with Crippen LogP contribution in [0.1, 0.15) is 43.5 Å². The number of aliphatic hydroxyl groups is 1. The molecule has 2 aromatic rings. The van der Waals surface area contributed by atoms with E-state index in [9.17, 15) is 19.5 Å². The number of amides is 3. The molecule has 2 fully saturated rings. The average molecular weight is 454 g/mol. The van der Waals surface area contributed by atoms with Gasteiger partial charge in [0.05, 0.1) is 23.9 Å². The smallest absolute Gasteiger partial charge is 0.245 e. The van der Waals surface area contributed by atoms with Gasteiger partial charge in [0.1, 0.15) is 6.04 Å². The van der Waals surface area contributed by atoms with E-state index in [4.69, 9.17) is 0 Å². The van der Waals surface area contributed by atoms with Gasteiger partial charge in [-0.3, -0.25) is 14.4 Å². The zero-order valence-corrected chi connectivity index (χ0v) is 19.0. The molecule has 1 aromatic heterocycles. The Balaban J connectivity index is 1.53. The molecule has 176 valence electrons. The van der Waals surface area contributed by atoms with Gasteiger partial charge in [0.25, 0.3) is 0 Å². The number of aliphatic hydroxyl groups excluding tert-OH is 1. The summed E-state index contributed by atoms with van der Waals surface area (Å²) in [6.07, 6.45) is 4.27. The number of aromatic amines is 1. The van der Waals surface area contributed by atoms with Crippen LogP contribution in [0, 0.1) is 5.41 Å². The summed E-state index contributed by atoms with van der Waals surface area (Å²) in [5, 5.41) is 13.8. The Morgan fingerprint density at radius 1 is 1.33 bits per heavy atom. The van der Waals surface area contributed by atoms with Gasteiger partial charge in [-0.2, -0.15) is 0 Å². The number of H-pyrrole nitrogens is 1. The summed E-state index contributed by atoms with van der Waals surface area (Å²) in [4.78, 5) is 49.1. The molecule has 33 heavy (non-hydrogen) atoms. The number of likely N-dealkylation sites (tertiary alicyclic amines) is 2. The monoisotopic (exact) mass is 453 g/mol. The Hall–Kier alpha value is -3.20. The second kappa shape index (κ2) is 9.35. The van der Waals surface area contributed by atoms with Crippen molar-refractivity contribution in [3.63, 3.8) is 0 Å². The zero-order chi connectivity index (χ0) is 23.6. The standard InChI is InChI=1S/C24H31N5O4/c1-16(30)27-19(11-18-13-25-15-26-18)22(32)29-10-6-9-24(14-29)12-20(31)21(28(2)23(24)33)17-7-4-3-5-8-17/h3-5,7-8,13,15,19-21,31H,6,9-12,14H2,1-2H3,(H,25,26)(H,27,30)/t19-,20+,21-,24+/m0/s1. The van der Waals surface area contributed by atoms with Gasteiger partial charge in [0, 0.05) is 45.4 Å². The predicted molar refractivity (Wildman–Crippen MR) is 121 cm³/mol. The molecule has 0 radical (unpaired) electrons. The highest BCUT2D eigenvalue weighted by atomic mass is 16.3. The molecule has 1 aromatic carbocycles. The first-order valence-electron chi connectivity index (χ1n) is 11.3. The molecule has 0 aliphatic carbocycles. The topological polar surface area (TPSA) is 119 Å². The largest absolute Gasteiger partial charge is 0.391 e. The summed E-state index contributed by atoms with van der Waals surface area (Å²) in [6, 6.07) is 8.36. The molecule has 4 rings (SSSR count). The molecule has 3 N–H and O–H groups in total. The van der Waals surface area contributed by atoms with Crippen molar-refractivity contribution in [3.8, 4) is 0 Å². The molecule has 2 saturated heterocycles. The Bertz CT molecular complexity index is 996. The van der Waals surface area contributed by atoms with Gasteiger partial charge < -0.3 is 25.2 Å². The van der Waals surface area contributed by atoms with Crippen LogP contribution in [0.5, 0.6) is 0 Å². The number of imidazole rings is 1. The molecule has 3 heterocycles. The van der Waals surface area contributed by atoms with E-state index in [2.05, 4.69) is 15.3 Å². The number of hydrogen-bond acceptors (Lipinski definition) is 5. The highest BCUT2D eigenvalue weighted by Crippen LogP contribution is 2.45. The normalized spacial score (nSPS) is 26.3. The number of piperidine rings is 2. The lowest BCUT2D eigenvalue weighted by molar-refractivity contribution is -0.165. The lowest BCUT2D eigenvalue weighted by Crippen LogP contribution is -2.62. The average Bonchev–Trinajstić information content (AvgIpc) is 3.30. The molecule has 3 amide bonds. The van der Waals surface area contributed by atoms with E-state index in [-0.39, 0.29) is 30.7 Å². The Labute approximate surface area is 193 Å². The summed E-state index contributed by atoms with van der Waals surface area (Å²) in [7, 11) is 1.73. The molecule has 0 saturated carbocycles. The second-order valence-electron chi connectivity index (χ2n) is 9.22. The van der Waals surface area contributed by atoms with Crippen molar-refractivity contribution in [2.75, 3.05) is 20.1 Å². The van der Waals surface area contributed by atoms with Gasteiger partial charge in [0.15, 0.2) is 0 Å². The van der Waals surface area contributed by atoms with Crippen molar-refractivity contribution in [1.82, 2.24) is 25.1 Å². The molecular formula is C24H31N5O4. The molecular weight excluding hydrogens is 422 g/mol. The molecule has 1 spiro atoms. The van der Waals surface area contributed by atoms with E-state index < -0.39 is 23.6 Å². The molecule has 2 aliphatic heterocycles. The summed E-state index contributed by atoms with van der Waals surface area (Å²) in [5.41, 5.74) is 0.801. The SMILES string of the molecule is CC(=O)N[C@@H](Cc1cnc[nH]1)C(=O)N1CCC[C@@]2(C[C@@H](O)[C@H](c3ccccc3)N(C)C2=O)C1.